The van der Waals surface area contributed by atoms with Crippen LogP contribution in [-0.4, -0.2) is 16.1 Å². The van der Waals surface area contributed by atoms with Crippen LogP contribution in [0.4, 0.5) is 0 Å². The highest BCUT2D eigenvalue weighted by atomic mass is 28.3. The van der Waals surface area contributed by atoms with Crippen molar-refractivity contribution in [2.24, 2.45) is 0 Å². The van der Waals surface area contributed by atoms with E-state index in [0.717, 1.165) is 12.5 Å². The summed E-state index contributed by atoms with van der Waals surface area (Å²) >= 11 is 0. The van der Waals surface area contributed by atoms with E-state index in [-0.39, 0.29) is 0 Å². The zero-order valence-electron chi connectivity index (χ0n) is 24.3. The molecular formula is C40H38Si2. The Kier molecular flexibility index (Phi) is 8.46. The van der Waals surface area contributed by atoms with Crippen LogP contribution >= 0.6 is 0 Å². The van der Waals surface area contributed by atoms with E-state index in [1.165, 1.54) is 31.1 Å². The molecule has 6 aromatic rings. The van der Waals surface area contributed by atoms with Gasteiger partial charge in [0.1, 0.15) is 8.07 Å². The number of hydrogen-bond donors (Lipinski definition) is 0. The normalized spacial score (nSPS) is 12.5. The predicted octanol–water partition coefficient (Wildman–Crippen LogP) is 6.11. The molecular weight excluding hydrogens is 537 g/mol. The average Bonchev–Trinajstić information content (AvgIpc) is 3.09. The fraction of sp³-hybridized carbons (Fsp3) is 0.100. The fourth-order valence-corrected chi connectivity index (χ4v) is 19.6. The SMILES string of the molecule is CCC(C[Si](c1ccccc1)(c1ccccc1)c1ccccc1)[Si](c1ccccc1)(c1ccccc1)c1ccccc1. The smallest absolute Gasteiger partial charge is 0.0654 e. The van der Waals surface area contributed by atoms with E-state index in [1.807, 2.05) is 0 Å². The van der Waals surface area contributed by atoms with Crippen LogP contribution < -0.4 is 31.1 Å². The van der Waals surface area contributed by atoms with Gasteiger partial charge in [-0.15, -0.1) is 0 Å². The van der Waals surface area contributed by atoms with Crippen molar-refractivity contribution >= 4 is 47.3 Å². The molecule has 0 saturated heterocycles. The van der Waals surface area contributed by atoms with E-state index in [1.54, 1.807) is 0 Å². The summed E-state index contributed by atoms with van der Waals surface area (Å²) in [4.78, 5) is 0. The van der Waals surface area contributed by atoms with Crippen molar-refractivity contribution in [2.45, 2.75) is 24.9 Å². The van der Waals surface area contributed by atoms with Gasteiger partial charge in [0.25, 0.3) is 0 Å². The van der Waals surface area contributed by atoms with E-state index >= 15 is 0 Å². The van der Waals surface area contributed by atoms with Gasteiger partial charge in [0.15, 0.2) is 8.07 Å². The molecule has 42 heavy (non-hydrogen) atoms. The minimum absolute atomic E-state index is 0.456. The third kappa shape index (κ3) is 5.02. The monoisotopic (exact) mass is 574 g/mol. The molecule has 0 heterocycles. The standard InChI is InChI=1S/C40H38Si2/c1-2-34(42(38-27-15-6-16-28-38,39-29-17-7-18-30-39)40-31-19-8-20-32-40)33-41(35-21-9-3-10-22-35,36-23-11-4-12-24-36)37-25-13-5-14-26-37/h3-32,34H,2,33H2,1H3. The minimum Gasteiger partial charge on any atom is -0.0654 e. The van der Waals surface area contributed by atoms with Gasteiger partial charge >= 0.3 is 0 Å². The largest absolute Gasteiger partial charge is 0.151 e. The number of rotatable bonds is 10. The van der Waals surface area contributed by atoms with E-state index < -0.39 is 16.1 Å². The zero-order valence-corrected chi connectivity index (χ0v) is 26.3. The first-order valence-corrected chi connectivity index (χ1v) is 19.4. The lowest BCUT2D eigenvalue weighted by Gasteiger charge is -2.45. The summed E-state index contributed by atoms with van der Waals surface area (Å²) < 4.78 is 0. The Morgan fingerprint density at radius 2 is 0.595 bits per heavy atom. The molecule has 1 unspecified atom stereocenters. The Hall–Kier alpha value is -4.25. The molecule has 0 nitrogen and oxygen atoms in total. The van der Waals surface area contributed by atoms with Gasteiger partial charge < -0.3 is 0 Å². The summed E-state index contributed by atoms with van der Waals surface area (Å²) in [6.45, 7) is 2.43. The molecule has 0 saturated carbocycles. The van der Waals surface area contributed by atoms with Crippen LogP contribution in [0.2, 0.25) is 11.6 Å². The second-order valence-corrected chi connectivity index (χ2v) is 19.3. The van der Waals surface area contributed by atoms with Gasteiger partial charge in [-0.1, -0.05) is 195 Å². The van der Waals surface area contributed by atoms with Crippen molar-refractivity contribution in [3.05, 3.63) is 182 Å². The van der Waals surface area contributed by atoms with Crippen molar-refractivity contribution in [1.29, 1.82) is 0 Å². The van der Waals surface area contributed by atoms with Crippen LogP contribution in [0.5, 0.6) is 0 Å². The van der Waals surface area contributed by atoms with Gasteiger partial charge in [-0.2, -0.15) is 0 Å². The van der Waals surface area contributed by atoms with Crippen LogP contribution in [0.3, 0.4) is 0 Å². The Morgan fingerprint density at radius 3 is 0.833 bits per heavy atom. The molecule has 0 aromatic heterocycles. The van der Waals surface area contributed by atoms with Crippen LogP contribution in [0.1, 0.15) is 13.3 Å². The fourth-order valence-electron chi connectivity index (χ4n) is 7.31. The number of hydrogen-bond acceptors (Lipinski definition) is 0. The Bertz CT molecular complexity index is 1460. The average molecular weight is 575 g/mol. The van der Waals surface area contributed by atoms with Crippen LogP contribution in [0.25, 0.3) is 0 Å². The van der Waals surface area contributed by atoms with E-state index in [0.29, 0.717) is 5.54 Å². The molecule has 0 aliphatic carbocycles. The maximum atomic E-state index is 2.43. The Balaban J connectivity index is 1.69. The predicted molar refractivity (Wildman–Crippen MR) is 187 cm³/mol. The summed E-state index contributed by atoms with van der Waals surface area (Å²) in [6, 6.07) is 69.8. The van der Waals surface area contributed by atoms with Gasteiger partial charge in [-0.25, -0.2) is 0 Å². The van der Waals surface area contributed by atoms with E-state index in [4.69, 9.17) is 0 Å². The lowest BCUT2D eigenvalue weighted by atomic mass is 10.3. The first-order chi connectivity index (χ1) is 20.8. The summed E-state index contributed by atoms with van der Waals surface area (Å²) in [5.41, 5.74) is 0.456. The molecule has 1 atom stereocenters. The second-order valence-electron chi connectivity index (χ2n) is 11.2. The maximum Gasteiger partial charge on any atom is 0.151 e. The Morgan fingerprint density at radius 1 is 0.357 bits per heavy atom. The van der Waals surface area contributed by atoms with Crippen molar-refractivity contribution in [1.82, 2.24) is 0 Å². The van der Waals surface area contributed by atoms with Crippen molar-refractivity contribution in [3.8, 4) is 0 Å². The van der Waals surface area contributed by atoms with Gasteiger partial charge in [-0.3, -0.25) is 0 Å². The molecule has 0 amide bonds. The van der Waals surface area contributed by atoms with Gasteiger partial charge in [0, 0.05) is 0 Å². The maximum absolute atomic E-state index is 2.53. The summed E-state index contributed by atoms with van der Waals surface area (Å²) in [5.74, 6) is 0. The van der Waals surface area contributed by atoms with Crippen LogP contribution in [0.15, 0.2) is 182 Å². The highest BCUT2D eigenvalue weighted by Gasteiger charge is 2.50. The molecule has 2 heteroatoms. The topological polar surface area (TPSA) is 0 Å². The van der Waals surface area contributed by atoms with Gasteiger partial charge in [0.2, 0.25) is 0 Å². The minimum atomic E-state index is -2.53. The van der Waals surface area contributed by atoms with Gasteiger partial charge in [-0.05, 0) is 42.7 Å². The van der Waals surface area contributed by atoms with Crippen LogP contribution in [0, 0.1) is 0 Å². The lowest BCUT2D eigenvalue weighted by Crippen LogP contribution is -2.74. The van der Waals surface area contributed by atoms with Crippen LogP contribution in [-0.2, 0) is 0 Å². The van der Waals surface area contributed by atoms with Crippen molar-refractivity contribution in [2.75, 3.05) is 0 Å². The third-order valence-corrected chi connectivity index (χ3v) is 20.2. The Labute approximate surface area is 253 Å². The third-order valence-electron chi connectivity index (χ3n) is 9.14. The molecule has 0 spiro atoms. The highest BCUT2D eigenvalue weighted by molar-refractivity contribution is 7.16. The first kappa shape index (κ1) is 27.9. The molecule has 0 aliphatic heterocycles. The molecule has 0 fully saturated rings. The molecule has 206 valence electrons. The van der Waals surface area contributed by atoms with E-state index in [9.17, 15) is 0 Å². The summed E-state index contributed by atoms with van der Waals surface area (Å²) in [7, 11) is -5.01. The molecule has 6 rings (SSSR count). The molecule has 0 N–H and O–H groups in total. The van der Waals surface area contributed by atoms with Gasteiger partial charge in [0.05, 0.1) is 0 Å². The molecule has 6 aromatic carbocycles. The zero-order chi connectivity index (χ0) is 28.7. The lowest BCUT2D eigenvalue weighted by molar-refractivity contribution is 0.846. The molecule has 0 bridgehead atoms. The van der Waals surface area contributed by atoms with Crippen molar-refractivity contribution < 1.29 is 0 Å². The second kappa shape index (κ2) is 12.7. The summed E-state index contributed by atoms with van der Waals surface area (Å²) in [5, 5.41) is 8.93. The molecule has 0 aliphatic rings. The van der Waals surface area contributed by atoms with Crippen molar-refractivity contribution in [3.63, 3.8) is 0 Å². The highest BCUT2D eigenvalue weighted by Crippen LogP contribution is 2.34. The first-order valence-electron chi connectivity index (χ1n) is 15.1. The number of benzene rings is 6. The molecule has 0 radical (unpaired) electrons. The quantitative estimate of drug-likeness (QED) is 0.137. The summed E-state index contributed by atoms with van der Waals surface area (Å²) in [6.07, 6.45) is 1.10. The van der Waals surface area contributed by atoms with E-state index in [2.05, 4.69) is 189 Å².